The maximum atomic E-state index is 13.1. The predicted octanol–water partition coefficient (Wildman–Crippen LogP) is 2.48. The number of hydrogen-bond acceptors (Lipinski definition) is 2. The van der Waals surface area contributed by atoms with Crippen LogP contribution in [-0.4, -0.2) is 17.3 Å². The second-order valence-electron chi connectivity index (χ2n) is 4.37. The van der Waals surface area contributed by atoms with Crippen LogP contribution in [0.5, 0.6) is 0 Å². The van der Waals surface area contributed by atoms with Crippen LogP contribution in [0.1, 0.15) is 19.4 Å². The second kappa shape index (κ2) is 5.25. The lowest BCUT2D eigenvalue weighted by molar-refractivity contribution is 0.00389. The highest BCUT2D eigenvalue weighted by atomic mass is 79.9. The fraction of sp³-hybridized carbons (Fsp3) is 0.500. The summed E-state index contributed by atoms with van der Waals surface area (Å²) in [5, 5.41) is 10.3. The molecular weight excluding hydrogens is 273 g/mol. The Balaban J connectivity index is 2.98. The number of nitrogens with two attached hydrogens (primary N) is 1. The molecule has 1 unspecified atom stereocenters. The monoisotopic (exact) mass is 289 g/mol. The highest BCUT2D eigenvalue weighted by Crippen LogP contribution is 2.26. The summed E-state index contributed by atoms with van der Waals surface area (Å²) in [7, 11) is 0. The summed E-state index contributed by atoms with van der Waals surface area (Å²) in [5.41, 5.74) is 5.33. The molecule has 0 heterocycles. The molecule has 0 bridgehead atoms. The third-order valence-corrected chi connectivity index (χ3v) is 3.71. The number of rotatable bonds is 4. The topological polar surface area (TPSA) is 46.2 Å². The minimum absolute atomic E-state index is 0.0210. The number of hydrogen-bond donors (Lipinski definition) is 2. The van der Waals surface area contributed by atoms with Crippen molar-refractivity contribution >= 4 is 15.9 Å². The first kappa shape index (κ1) is 13.6. The lowest BCUT2D eigenvalue weighted by Gasteiger charge is -2.31. The molecular formula is C12H17BrFNO. The zero-order valence-corrected chi connectivity index (χ0v) is 11.1. The van der Waals surface area contributed by atoms with Crippen molar-refractivity contribution in [1.29, 1.82) is 0 Å². The molecule has 1 aromatic rings. The standard InChI is InChI=1S/C12H17BrFNO/c1-8(2)12(16,7-15)6-9-5-10(14)3-4-11(9)13/h3-5,8,16H,6-7,15H2,1-2H3. The van der Waals surface area contributed by atoms with Crippen molar-refractivity contribution in [2.75, 3.05) is 6.54 Å². The Kier molecular flexibility index (Phi) is 4.47. The molecule has 0 aliphatic heterocycles. The highest BCUT2D eigenvalue weighted by molar-refractivity contribution is 9.10. The third kappa shape index (κ3) is 3.03. The summed E-state index contributed by atoms with van der Waals surface area (Å²) in [5.74, 6) is -0.283. The van der Waals surface area contributed by atoms with Crippen molar-refractivity contribution in [3.8, 4) is 0 Å². The molecule has 0 saturated heterocycles. The summed E-state index contributed by atoms with van der Waals surface area (Å²) >= 11 is 3.34. The minimum atomic E-state index is -0.990. The van der Waals surface area contributed by atoms with E-state index in [1.54, 1.807) is 6.07 Å². The molecule has 16 heavy (non-hydrogen) atoms. The van der Waals surface area contributed by atoms with Gasteiger partial charge >= 0.3 is 0 Å². The van der Waals surface area contributed by atoms with E-state index in [9.17, 15) is 9.50 Å². The van der Waals surface area contributed by atoms with Crippen LogP contribution in [0.2, 0.25) is 0 Å². The Morgan fingerprint density at radius 1 is 1.50 bits per heavy atom. The van der Waals surface area contributed by atoms with E-state index in [4.69, 9.17) is 5.73 Å². The van der Waals surface area contributed by atoms with Gasteiger partial charge in [-0.2, -0.15) is 0 Å². The molecule has 0 aliphatic carbocycles. The molecule has 2 nitrogen and oxygen atoms in total. The molecule has 4 heteroatoms. The van der Waals surface area contributed by atoms with Gasteiger partial charge in [-0.25, -0.2) is 4.39 Å². The smallest absolute Gasteiger partial charge is 0.123 e. The maximum absolute atomic E-state index is 13.1. The van der Waals surface area contributed by atoms with Crippen LogP contribution in [-0.2, 0) is 6.42 Å². The van der Waals surface area contributed by atoms with Gasteiger partial charge in [0.25, 0.3) is 0 Å². The molecule has 3 N–H and O–H groups in total. The van der Waals surface area contributed by atoms with Gasteiger partial charge in [0.2, 0.25) is 0 Å². The van der Waals surface area contributed by atoms with Crippen LogP contribution in [0.4, 0.5) is 4.39 Å². The van der Waals surface area contributed by atoms with Crippen molar-refractivity contribution in [2.24, 2.45) is 11.7 Å². The van der Waals surface area contributed by atoms with E-state index < -0.39 is 5.60 Å². The van der Waals surface area contributed by atoms with Gasteiger partial charge in [0.15, 0.2) is 0 Å². The molecule has 1 atom stereocenters. The second-order valence-corrected chi connectivity index (χ2v) is 5.23. The zero-order valence-electron chi connectivity index (χ0n) is 9.50. The van der Waals surface area contributed by atoms with Crippen LogP contribution >= 0.6 is 15.9 Å². The molecule has 0 radical (unpaired) electrons. The van der Waals surface area contributed by atoms with E-state index in [1.807, 2.05) is 13.8 Å². The number of benzene rings is 1. The van der Waals surface area contributed by atoms with Crippen LogP contribution < -0.4 is 5.73 Å². The first-order valence-electron chi connectivity index (χ1n) is 5.25. The van der Waals surface area contributed by atoms with Crippen molar-refractivity contribution in [3.05, 3.63) is 34.1 Å². The molecule has 0 fully saturated rings. The van der Waals surface area contributed by atoms with Gasteiger partial charge in [0.1, 0.15) is 5.82 Å². The Bertz CT molecular complexity index is 370. The van der Waals surface area contributed by atoms with E-state index in [0.717, 1.165) is 10.0 Å². The van der Waals surface area contributed by atoms with E-state index in [2.05, 4.69) is 15.9 Å². The zero-order chi connectivity index (χ0) is 12.3. The number of halogens is 2. The largest absolute Gasteiger partial charge is 0.388 e. The fourth-order valence-electron chi connectivity index (χ4n) is 1.52. The van der Waals surface area contributed by atoms with E-state index in [1.165, 1.54) is 12.1 Å². The van der Waals surface area contributed by atoms with Crippen molar-refractivity contribution in [3.63, 3.8) is 0 Å². The summed E-state index contributed by atoms with van der Waals surface area (Å²) < 4.78 is 13.9. The minimum Gasteiger partial charge on any atom is -0.388 e. The van der Waals surface area contributed by atoms with Gasteiger partial charge < -0.3 is 10.8 Å². The van der Waals surface area contributed by atoms with Gasteiger partial charge in [-0.05, 0) is 29.7 Å². The lowest BCUT2D eigenvalue weighted by atomic mass is 9.84. The van der Waals surface area contributed by atoms with Crippen LogP contribution in [0.15, 0.2) is 22.7 Å². The van der Waals surface area contributed by atoms with Crippen LogP contribution in [0.25, 0.3) is 0 Å². The average molecular weight is 290 g/mol. The molecule has 0 saturated carbocycles. The normalized spacial score (nSPS) is 15.2. The van der Waals surface area contributed by atoms with Gasteiger partial charge in [0.05, 0.1) is 5.60 Å². The molecule has 0 aromatic heterocycles. The molecule has 1 aromatic carbocycles. The predicted molar refractivity (Wildman–Crippen MR) is 66.6 cm³/mol. The Hall–Kier alpha value is -0.450. The van der Waals surface area contributed by atoms with E-state index >= 15 is 0 Å². The first-order valence-corrected chi connectivity index (χ1v) is 6.04. The molecule has 0 amide bonds. The quantitative estimate of drug-likeness (QED) is 0.895. The van der Waals surface area contributed by atoms with Crippen molar-refractivity contribution in [2.45, 2.75) is 25.9 Å². The lowest BCUT2D eigenvalue weighted by Crippen LogP contribution is -2.44. The first-order chi connectivity index (χ1) is 7.39. The summed E-state index contributed by atoms with van der Waals surface area (Å²) in [4.78, 5) is 0. The molecule has 0 aliphatic rings. The van der Waals surface area contributed by atoms with E-state index in [-0.39, 0.29) is 18.3 Å². The van der Waals surface area contributed by atoms with Crippen molar-refractivity contribution < 1.29 is 9.50 Å². The highest BCUT2D eigenvalue weighted by Gasteiger charge is 2.30. The average Bonchev–Trinajstić information content (AvgIpc) is 2.23. The Morgan fingerprint density at radius 3 is 2.62 bits per heavy atom. The Morgan fingerprint density at radius 2 is 2.12 bits per heavy atom. The van der Waals surface area contributed by atoms with Gasteiger partial charge in [-0.1, -0.05) is 29.8 Å². The van der Waals surface area contributed by atoms with Gasteiger partial charge in [0, 0.05) is 17.4 Å². The van der Waals surface area contributed by atoms with Gasteiger partial charge in [-0.15, -0.1) is 0 Å². The van der Waals surface area contributed by atoms with Crippen molar-refractivity contribution in [1.82, 2.24) is 0 Å². The van der Waals surface area contributed by atoms with E-state index in [0.29, 0.717) is 6.42 Å². The summed E-state index contributed by atoms with van der Waals surface area (Å²) in [6.45, 7) is 3.97. The SMILES string of the molecule is CC(C)C(O)(CN)Cc1cc(F)ccc1Br. The number of aliphatic hydroxyl groups is 1. The van der Waals surface area contributed by atoms with Crippen LogP contribution in [0, 0.1) is 11.7 Å². The van der Waals surface area contributed by atoms with Gasteiger partial charge in [-0.3, -0.25) is 0 Å². The fourth-order valence-corrected chi connectivity index (χ4v) is 1.91. The summed E-state index contributed by atoms with van der Waals surface area (Å²) in [6, 6.07) is 4.44. The maximum Gasteiger partial charge on any atom is 0.123 e. The summed E-state index contributed by atoms with van der Waals surface area (Å²) in [6.07, 6.45) is 0.347. The van der Waals surface area contributed by atoms with Crippen LogP contribution in [0.3, 0.4) is 0 Å². The molecule has 1 rings (SSSR count). The Labute approximate surface area is 104 Å². The molecule has 0 spiro atoms. The molecule has 90 valence electrons. The third-order valence-electron chi connectivity index (χ3n) is 2.93.